The van der Waals surface area contributed by atoms with Gasteiger partial charge in [0, 0.05) is 18.4 Å². The van der Waals surface area contributed by atoms with Gasteiger partial charge in [0.2, 0.25) is 5.91 Å². The molecule has 5 N–H and O–H groups in total. The number of nitrogens with zero attached hydrogens (tertiary/aromatic N) is 3. The summed E-state index contributed by atoms with van der Waals surface area (Å²) >= 11 is 0. The van der Waals surface area contributed by atoms with Crippen molar-refractivity contribution in [3.05, 3.63) is 53.3 Å². The highest BCUT2D eigenvalue weighted by Crippen LogP contribution is 2.33. The van der Waals surface area contributed by atoms with Gasteiger partial charge in [-0.25, -0.2) is 4.98 Å². The summed E-state index contributed by atoms with van der Waals surface area (Å²) in [6.07, 6.45) is 4.83. The molecule has 1 amide bonds. The first-order valence-corrected chi connectivity index (χ1v) is 12.4. The molecular weight excluding hydrogens is 440 g/mol. The number of benzene rings is 2. The second-order valence-electron chi connectivity index (χ2n) is 9.76. The van der Waals surface area contributed by atoms with E-state index in [1.54, 1.807) is 6.07 Å². The lowest BCUT2D eigenvalue weighted by atomic mass is 9.79. The van der Waals surface area contributed by atoms with E-state index in [2.05, 4.69) is 40.3 Å². The summed E-state index contributed by atoms with van der Waals surface area (Å²) in [5.74, 6) is 1.37. The number of hydrogen-bond donors (Lipinski definition) is 4. The molecule has 0 spiro atoms. The average molecular weight is 471 g/mol. The summed E-state index contributed by atoms with van der Waals surface area (Å²) in [5, 5.41) is 18.5. The normalized spacial score (nSPS) is 16.8. The molecule has 2 aromatic carbocycles. The molecule has 8 nitrogen and oxygen atoms in total. The van der Waals surface area contributed by atoms with Gasteiger partial charge in [0.25, 0.3) is 0 Å². The number of phenolic OH excluding ortho intramolecular Hbond substituents is 1. The predicted octanol–water partition coefficient (Wildman–Crippen LogP) is 3.90. The van der Waals surface area contributed by atoms with Crippen molar-refractivity contribution in [2.75, 3.05) is 6.54 Å². The minimum atomic E-state index is -0.390. The van der Waals surface area contributed by atoms with Crippen molar-refractivity contribution in [3.8, 4) is 28.4 Å². The van der Waals surface area contributed by atoms with Gasteiger partial charge in [0.1, 0.15) is 11.4 Å². The number of H-pyrrole nitrogens is 2. The molecule has 1 saturated carbocycles. The van der Waals surface area contributed by atoms with Gasteiger partial charge in [-0.15, -0.1) is 0 Å². The first-order chi connectivity index (χ1) is 17.0. The summed E-state index contributed by atoms with van der Waals surface area (Å²) in [4.78, 5) is 23.0. The van der Waals surface area contributed by atoms with Gasteiger partial charge in [-0.3, -0.25) is 9.89 Å². The molecule has 180 valence electrons. The van der Waals surface area contributed by atoms with Crippen LogP contribution in [0.3, 0.4) is 0 Å². The monoisotopic (exact) mass is 470 g/mol. The number of phenols is 1. The van der Waals surface area contributed by atoms with Gasteiger partial charge >= 0.3 is 0 Å². The summed E-state index contributed by atoms with van der Waals surface area (Å²) in [6, 6.07) is 11.3. The average Bonchev–Trinajstić information content (AvgIpc) is 3.45. The van der Waals surface area contributed by atoms with E-state index in [1.807, 2.05) is 17.0 Å². The number of aromatic amines is 2. The maximum absolute atomic E-state index is 12.9. The zero-order valence-corrected chi connectivity index (χ0v) is 19.8. The zero-order valence-electron chi connectivity index (χ0n) is 19.8. The molecule has 1 aliphatic carbocycles. The number of imidazole rings is 1. The number of nitrogens with two attached hydrogens (primary N) is 1. The van der Waals surface area contributed by atoms with Crippen LogP contribution in [0.2, 0.25) is 0 Å². The van der Waals surface area contributed by atoms with Crippen LogP contribution < -0.4 is 5.73 Å². The van der Waals surface area contributed by atoms with Crippen molar-refractivity contribution in [2.24, 2.45) is 11.7 Å². The van der Waals surface area contributed by atoms with Crippen LogP contribution in [0.1, 0.15) is 43.1 Å². The number of fused-ring (bicyclic) bond motifs is 2. The molecule has 0 radical (unpaired) electrons. The van der Waals surface area contributed by atoms with Crippen molar-refractivity contribution < 1.29 is 9.90 Å². The van der Waals surface area contributed by atoms with Gasteiger partial charge < -0.3 is 20.7 Å². The third-order valence-corrected chi connectivity index (χ3v) is 7.65. The van der Waals surface area contributed by atoms with Crippen LogP contribution in [-0.2, 0) is 24.2 Å². The van der Waals surface area contributed by atoms with Crippen LogP contribution >= 0.6 is 0 Å². The SMILES string of the molecule is CCc1cc(O)ccc1-c1ccc2c(-c3nc4c([nH]3)CN(C(=O)[C@@H](N)C3CCC3)CC4)n[nH]c2c1. The molecule has 3 heterocycles. The highest BCUT2D eigenvalue weighted by Gasteiger charge is 2.34. The minimum Gasteiger partial charge on any atom is -0.508 e. The van der Waals surface area contributed by atoms with E-state index in [9.17, 15) is 9.90 Å². The van der Waals surface area contributed by atoms with Crippen molar-refractivity contribution in [2.45, 2.75) is 51.6 Å². The Balaban J connectivity index is 1.27. The number of aromatic hydroxyl groups is 1. The number of rotatable bonds is 5. The summed E-state index contributed by atoms with van der Waals surface area (Å²) in [7, 11) is 0. The molecule has 0 unspecified atom stereocenters. The van der Waals surface area contributed by atoms with Crippen LogP contribution in [0.4, 0.5) is 0 Å². The molecule has 0 saturated heterocycles. The molecule has 0 bridgehead atoms. The molecule has 6 rings (SSSR count). The van der Waals surface area contributed by atoms with Gasteiger partial charge in [0.05, 0.1) is 29.5 Å². The minimum absolute atomic E-state index is 0.0509. The Morgan fingerprint density at radius 1 is 1.26 bits per heavy atom. The summed E-state index contributed by atoms with van der Waals surface area (Å²) < 4.78 is 0. The number of carbonyl (C=O) groups is 1. The fraction of sp³-hybridized carbons (Fsp3) is 0.370. The smallest absolute Gasteiger partial charge is 0.240 e. The Hall–Kier alpha value is -3.65. The number of aromatic nitrogens is 4. The van der Waals surface area contributed by atoms with E-state index in [-0.39, 0.29) is 17.7 Å². The lowest BCUT2D eigenvalue weighted by molar-refractivity contribution is -0.135. The van der Waals surface area contributed by atoms with Crippen LogP contribution in [0.25, 0.3) is 33.5 Å². The fourth-order valence-electron chi connectivity index (χ4n) is 5.33. The van der Waals surface area contributed by atoms with Gasteiger partial charge in [-0.1, -0.05) is 25.5 Å². The van der Waals surface area contributed by atoms with E-state index in [0.29, 0.717) is 31.3 Å². The predicted molar refractivity (Wildman–Crippen MR) is 135 cm³/mol. The highest BCUT2D eigenvalue weighted by molar-refractivity contribution is 5.94. The van der Waals surface area contributed by atoms with Gasteiger partial charge in [-0.2, -0.15) is 5.10 Å². The van der Waals surface area contributed by atoms with Crippen LogP contribution in [0.5, 0.6) is 5.75 Å². The molecule has 4 aromatic rings. The molecular formula is C27H30N6O2. The summed E-state index contributed by atoms with van der Waals surface area (Å²) in [5.41, 5.74) is 13.2. The second kappa shape index (κ2) is 8.53. The molecule has 8 heteroatoms. The topological polar surface area (TPSA) is 124 Å². The van der Waals surface area contributed by atoms with Crippen molar-refractivity contribution in [1.82, 2.24) is 25.1 Å². The molecule has 1 fully saturated rings. The Bertz CT molecular complexity index is 1420. The third-order valence-electron chi connectivity index (χ3n) is 7.65. The van der Waals surface area contributed by atoms with Gasteiger partial charge in [0.15, 0.2) is 5.82 Å². The van der Waals surface area contributed by atoms with E-state index < -0.39 is 0 Å². The number of carbonyl (C=O) groups excluding carboxylic acids is 1. The van der Waals surface area contributed by atoms with E-state index in [4.69, 9.17) is 10.7 Å². The Labute approximate surface area is 203 Å². The number of amides is 1. The lowest BCUT2D eigenvalue weighted by Gasteiger charge is -2.35. The number of hydrogen-bond acceptors (Lipinski definition) is 5. The number of aryl methyl sites for hydroxylation is 1. The molecule has 2 aromatic heterocycles. The van der Waals surface area contributed by atoms with E-state index in [1.165, 1.54) is 6.42 Å². The zero-order chi connectivity index (χ0) is 24.1. The molecule has 1 aliphatic heterocycles. The second-order valence-corrected chi connectivity index (χ2v) is 9.76. The van der Waals surface area contributed by atoms with Crippen LogP contribution in [0, 0.1) is 5.92 Å². The lowest BCUT2D eigenvalue weighted by Crippen LogP contribution is -2.50. The third kappa shape index (κ3) is 3.78. The Morgan fingerprint density at radius 3 is 2.89 bits per heavy atom. The first-order valence-electron chi connectivity index (χ1n) is 12.4. The van der Waals surface area contributed by atoms with Crippen LogP contribution in [0.15, 0.2) is 36.4 Å². The van der Waals surface area contributed by atoms with E-state index in [0.717, 1.165) is 63.9 Å². The van der Waals surface area contributed by atoms with E-state index >= 15 is 0 Å². The van der Waals surface area contributed by atoms with Crippen LogP contribution in [-0.4, -0.2) is 48.7 Å². The Kier molecular flexibility index (Phi) is 5.33. The molecule has 35 heavy (non-hydrogen) atoms. The largest absolute Gasteiger partial charge is 0.508 e. The molecule has 1 atom stereocenters. The highest BCUT2D eigenvalue weighted by atomic mass is 16.3. The first kappa shape index (κ1) is 21.9. The van der Waals surface area contributed by atoms with Crippen molar-refractivity contribution in [3.63, 3.8) is 0 Å². The standard InChI is InChI=1S/C27H30N6O2/c1-2-15-12-18(34)7-9-19(15)17-6-8-20-22(13-17)31-32-25(20)26-29-21-10-11-33(14-23(21)30-26)27(35)24(28)16-4-3-5-16/h6-9,12-13,16,24,34H,2-5,10-11,14,28H2,1H3,(H,29,30)(H,31,32)/t24-/m0/s1. The number of nitrogens with one attached hydrogen (secondary N) is 2. The quantitative estimate of drug-likeness (QED) is 0.352. The summed E-state index contributed by atoms with van der Waals surface area (Å²) in [6.45, 7) is 3.24. The fourth-order valence-corrected chi connectivity index (χ4v) is 5.33. The van der Waals surface area contributed by atoms with Crippen molar-refractivity contribution in [1.29, 1.82) is 0 Å². The van der Waals surface area contributed by atoms with Crippen molar-refractivity contribution >= 4 is 16.8 Å². The maximum Gasteiger partial charge on any atom is 0.240 e. The van der Waals surface area contributed by atoms with Gasteiger partial charge in [-0.05, 0) is 66.1 Å². The Morgan fingerprint density at radius 2 is 2.11 bits per heavy atom. The molecule has 2 aliphatic rings. The maximum atomic E-state index is 12.9.